The van der Waals surface area contributed by atoms with E-state index in [1.165, 1.54) is 11.1 Å². The van der Waals surface area contributed by atoms with E-state index in [0.29, 0.717) is 38.3 Å². The molecule has 0 aromatic heterocycles. The summed E-state index contributed by atoms with van der Waals surface area (Å²) in [4.78, 5) is 31.6. The molecule has 0 saturated heterocycles. The number of ether oxygens (including phenoxy) is 3. The number of rotatable bonds is 9. The normalized spacial score (nSPS) is 21.6. The zero-order chi connectivity index (χ0) is 34.1. The highest BCUT2D eigenvalue weighted by Crippen LogP contribution is 2.46. The minimum Gasteiger partial charge on any atom is -0.497 e. The number of benzene rings is 3. The van der Waals surface area contributed by atoms with E-state index in [9.17, 15) is 9.59 Å². The van der Waals surface area contributed by atoms with E-state index in [1.54, 1.807) is 19.3 Å². The van der Waals surface area contributed by atoms with Gasteiger partial charge in [0.1, 0.15) is 17.1 Å². The van der Waals surface area contributed by atoms with Gasteiger partial charge in [-0.3, -0.25) is 4.79 Å². The van der Waals surface area contributed by atoms with Gasteiger partial charge in [-0.25, -0.2) is 4.79 Å². The summed E-state index contributed by atoms with van der Waals surface area (Å²) < 4.78 is 17.7. The number of nitrogens with zero attached hydrogens (tertiary/aromatic N) is 2. The molecule has 3 aromatic rings. The zero-order valence-electron chi connectivity index (χ0n) is 28.6. The van der Waals surface area contributed by atoms with Crippen molar-refractivity contribution in [1.29, 1.82) is 0 Å². The van der Waals surface area contributed by atoms with Crippen molar-refractivity contribution in [3.63, 3.8) is 0 Å². The Bertz CT molecular complexity index is 1670. The first kappa shape index (κ1) is 33.9. The minimum absolute atomic E-state index is 0.0988. The third-order valence-corrected chi connectivity index (χ3v) is 10.3. The number of hydrogen-bond donors (Lipinski definition) is 0. The van der Waals surface area contributed by atoms with Crippen LogP contribution in [0.1, 0.15) is 73.5 Å². The van der Waals surface area contributed by atoms with Gasteiger partial charge in [0, 0.05) is 42.5 Å². The Labute approximate surface area is 289 Å². The molecule has 1 fully saturated rings. The van der Waals surface area contributed by atoms with Gasteiger partial charge >= 0.3 is 5.97 Å². The van der Waals surface area contributed by atoms with Crippen LogP contribution in [-0.4, -0.2) is 55.7 Å². The summed E-state index contributed by atoms with van der Waals surface area (Å²) in [5.41, 5.74) is 4.09. The van der Waals surface area contributed by atoms with Crippen LogP contribution >= 0.6 is 11.6 Å². The highest BCUT2D eigenvalue weighted by molar-refractivity contribution is 6.30. The van der Waals surface area contributed by atoms with Crippen LogP contribution in [0, 0.1) is 11.8 Å². The van der Waals surface area contributed by atoms with Crippen molar-refractivity contribution in [3.05, 3.63) is 101 Å². The number of hydrogen-bond acceptors (Lipinski definition) is 6. The minimum atomic E-state index is -0.611. The third kappa shape index (κ3) is 7.21. The third-order valence-electron chi connectivity index (χ3n) is 10.1. The van der Waals surface area contributed by atoms with Gasteiger partial charge in [0.2, 0.25) is 5.91 Å². The molecule has 1 aliphatic heterocycles. The average molecular weight is 671 g/mol. The van der Waals surface area contributed by atoms with Gasteiger partial charge in [0.25, 0.3) is 0 Å². The van der Waals surface area contributed by atoms with Crippen LogP contribution in [-0.2, 0) is 27.9 Å². The summed E-state index contributed by atoms with van der Waals surface area (Å²) in [5, 5.41) is 0.747. The average Bonchev–Trinajstić information content (AvgIpc) is 3.19. The maximum atomic E-state index is 14.1. The number of anilines is 1. The lowest BCUT2D eigenvalue weighted by Crippen LogP contribution is -2.51. The van der Waals surface area contributed by atoms with Gasteiger partial charge in [0.15, 0.2) is 0 Å². The van der Waals surface area contributed by atoms with Crippen molar-refractivity contribution in [2.24, 2.45) is 11.8 Å². The Morgan fingerprint density at radius 2 is 1.90 bits per heavy atom. The van der Waals surface area contributed by atoms with E-state index in [2.05, 4.69) is 23.6 Å². The number of amides is 1. The van der Waals surface area contributed by atoms with Gasteiger partial charge in [-0.15, -0.1) is 6.58 Å². The number of carbonyl (C=O) groups excluding carboxylic acids is 2. The van der Waals surface area contributed by atoms with E-state index >= 15 is 0 Å². The Hall–Kier alpha value is -3.97. The SMILES string of the molecule is C=CCN(Cc1ccc(OC)cc1)C(=O)[C@@H]1CC[C@H]1CN1CC2(CCCc3cc(Cl)ccc32)COc2ccc(C(=O)OC(C)(C)C)cc21. The largest absolute Gasteiger partial charge is 0.497 e. The van der Waals surface area contributed by atoms with Crippen molar-refractivity contribution in [2.45, 2.75) is 70.4 Å². The highest BCUT2D eigenvalue weighted by Gasteiger charge is 2.45. The van der Waals surface area contributed by atoms with Crippen LogP contribution < -0.4 is 14.4 Å². The molecule has 1 spiro atoms. The lowest BCUT2D eigenvalue weighted by molar-refractivity contribution is -0.141. The van der Waals surface area contributed by atoms with Crippen LogP contribution in [0.2, 0.25) is 5.02 Å². The molecule has 0 bridgehead atoms. The second-order valence-corrected chi connectivity index (χ2v) is 15.0. The van der Waals surface area contributed by atoms with Crippen molar-refractivity contribution < 1.29 is 23.8 Å². The molecule has 6 rings (SSSR count). The quantitative estimate of drug-likeness (QED) is 0.170. The smallest absolute Gasteiger partial charge is 0.338 e. The summed E-state index contributed by atoms with van der Waals surface area (Å²) in [7, 11) is 1.65. The van der Waals surface area contributed by atoms with E-state index in [1.807, 2.05) is 68.1 Å². The first-order chi connectivity index (χ1) is 23.0. The predicted molar refractivity (Wildman–Crippen MR) is 190 cm³/mol. The Morgan fingerprint density at radius 1 is 1.10 bits per heavy atom. The number of fused-ring (bicyclic) bond motifs is 3. The molecule has 1 heterocycles. The maximum Gasteiger partial charge on any atom is 0.338 e. The molecule has 0 N–H and O–H groups in total. The zero-order valence-corrected chi connectivity index (χ0v) is 29.4. The molecule has 0 radical (unpaired) electrons. The Balaban J connectivity index is 1.30. The summed E-state index contributed by atoms with van der Waals surface area (Å²) in [6.45, 7) is 12.5. The molecule has 1 unspecified atom stereocenters. The van der Waals surface area contributed by atoms with E-state index in [-0.39, 0.29) is 29.1 Å². The molecular weight excluding hydrogens is 624 g/mol. The fourth-order valence-corrected chi connectivity index (χ4v) is 7.74. The summed E-state index contributed by atoms with van der Waals surface area (Å²) in [6.07, 6.45) is 6.61. The number of halogens is 1. The van der Waals surface area contributed by atoms with Crippen LogP contribution in [0.5, 0.6) is 11.5 Å². The van der Waals surface area contributed by atoms with E-state index in [0.717, 1.165) is 59.9 Å². The number of methoxy groups -OCH3 is 1. The van der Waals surface area contributed by atoms with Crippen molar-refractivity contribution in [1.82, 2.24) is 4.90 Å². The Kier molecular flexibility index (Phi) is 9.80. The van der Waals surface area contributed by atoms with Crippen LogP contribution in [0.25, 0.3) is 0 Å². The number of carbonyl (C=O) groups is 2. The second-order valence-electron chi connectivity index (χ2n) is 14.6. The topological polar surface area (TPSA) is 68.3 Å². The molecule has 48 heavy (non-hydrogen) atoms. The Morgan fingerprint density at radius 3 is 2.58 bits per heavy atom. The van der Waals surface area contributed by atoms with Gasteiger partial charge in [-0.2, -0.15) is 0 Å². The van der Waals surface area contributed by atoms with E-state index < -0.39 is 5.60 Å². The first-order valence-electron chi connectivity index (χ1n) is 17.1. The molecule has 8 heteroatoms. The molecule has 254 valence electrons. The second kappa shape index (κ2) is 13.9. The van der Waals surface area contributed by atoms with Crippen LogP contribution in [0.15, 0.2) is 73.3 Å². The first-order valence-corrected chi connectivity index (χ1v) is 17.4. The van der Waals surface area contributed by atoms with Crippen molar-refractivity contribution >= 4 is 29.2 Å². The maximum absolute atomic E-state index is 14.1. The predicted octanol–water partition coefficient (Wildman–Crippen LogP) is 8.02. The molecule has 3 atom stereocenters. The summed E-state index contributed by atoms with van der Waals surface area (Å²) >= 11 is 6.45. The van der Waals surface area contributed by atoms with Crippen molar-refractivity contribution in [3.8, 4) is 11.5 Å². The fraction of sp³-hybridized carbons (Fsp3) is 0.450. The molecule has 2 aliphatic carbocycles. The monoisotopic (exact) mass is 670 g/mol. The lowest BCUT2D eigenvalue weighted by atomic mass is 9.69. The van der Waals surface area contributed by atoms with Gasteiger partial charge in [-0.1, -0.05) is 35.9 Å². The molecular formula is C40H47ClN2O5. The molecule has 1 saturated carbocycles. The van der Waals surface area contributed by atoms with Gasteiger partial charge in [-0.05, 0) is 118 Å². The van der Waals surface area contributed by atoms with Gasteiger partial charge in [0.05, 0.1) is 25.0 Å². The molecule has 3 aromatic carbocycles. The van der Waals surface area contributed by atoms with Crippen LogP contribution in [0.3, 0.4) is 0 Å². The van der Waals surface area contributed by atoms with E-state index in [4.69, 9.17) is 25.8 Å². The number of esters is 1. The lowest BCUT2D eigenvalue weighted by Gasteiger charge is -2.45. The van der Waals surface area contributed by atoms with Crippen molar-refractivity contribution in [2.75, 3.05) is 38.3 Å². The standard InChI is InChI=1S/C40H47ClN2O5/c1-6-20-42(23-27-9-14-32(46-5)15-10-27)37(44)33-16-11-30(33)24-43-25-40(19-7-8-28-21-31(41)13-17-34(28)40)26-47-36-18-12-29(22-35(36)43)38(45)48-39(2,3)4/h6,9-10,12-15,17-18,21-22,30,33H,1,7-8,11,16,19-20,23-26H2,2-5H3/t30-,33+,40?/m0/s1. The molecule has 7 nitrogen and oxygen atoms in total. The fourth-order valence-electron chi connectivity index (χ4n) is 7.55. The van der Waals surface area contributed by atoms with Gasteiger partial charge < -0.3 is 24.0 Å². The number of aryl methyl sites for hydroxylation is 1. The van der Waals surface area contributed by atoms with Crippen LogP contribution in [0.4, 0.5) is 5.69 Å². The molecule has 1 amide bonds. The molecule has 3 aliphatic rings. The summed E-state index contributed by atoms with van der Waals surface area (Å²) in [5.74, 6) is 1.38. The highest BCUT2D eigenvalue weighted by atomic mass is 35.5. The summed E-state index contributed by atoms with van der Waals surface area (Å²) in [6, 6.07) is 19.7.